The highest BCUT2D eigenvalue weighted by Crippen LogP contribution is 2.30. The van der Waals surface area contributed by atoms with Gasteiger partial charge in [0.15, 0.2) is 4.80 Å². The summed E-state index contributed by atoms with van der Waals surface area (Å²) < 4.78 is 19.1. The average molecular weight is 555 g/mol. The largest absolute Gasteiger partial charge is 0.490 e. The summed E-state index contributed by atoms with van der Waals surface area (Å²) in [6.07, 6.45) is 1.82. The van der Waals surface area contributed by atoms with E-state index < -0.39 is 12.0 Å². The van der Waals surface area contributed by atoms with Crippen molar-refractivity contribution in [3.63, 3.8) is 0 Å². The summed E-state index contributed by atoms with van der Waals surface area (Å²) in [7, 11) is 0. The second-order valence-electron chi connectivity index (χ2n) is 9.30. The van der Waals surface area contributed by atoms with Crippen LogP contribution in [0.3, 0.4) is 0 Å². The Morgan fingerprint density at radius 2 is 1.68 bits per heavy atom. The van der Waals surface area contributed by atoms with E-state index >= 15 is 0 Å². The van der Waals surface area contributed by atoms with E-state index in [0.717, 1.165) is 16.9 Å². The molecule has 3 aromatic carbocycles. The molecule has 5 rings (SSSR count). The highest BCUT2D eigenvalue weighted by molar-refractivity contribution is 7.07. The van der Waals surface area contributed by atoms with Crippen LogP contribution in [0.4, 0.5) is 0 Å². The van der Waals surface area contributed by atoms with Crippen LogP contribution in [0.15, 0.2) is 99.9 Å². The fraction of sp³-hybridized carbons (Fsp3) is 0.219. The Morgan fingerprint density at radius 3 is 2.40 bits per heavy atom. The predicted molar refractivity (Wildman–Crippen MR) is 155 cm³/mol. The van der Waals surface area contributed by atoms with Gasteiger partial charge in [-0.15, -0.1) is 0 Å². The van der Waals surface area contributed by atoms with Crippen molar-refractivity contribution in [2.75, 3.05) is 19.8 Å². The van der Waals surface area contributed by atoms with Crippen molar-refractivity contribution in [1.82, 2.24) is 4.57 Å². The molecule has 0 fully saturated rings. The lowest BCUT2D eigenvalue weighted by Crippen LogP contribution is -2.39. The zero-order valence-corrected chi connectivity index (χ0v) is 23.4. The minimum atomic E-state index is -0.623. The van der Waals surface area contributed by atoms with Gasteiger partial charge in [0.25, 0.3) is 5.56 Å². The van der Waals surface area contributed by atoms with Gasteiger partial charge in [0.2, 0.25) is 0 Å². The summed E-state index contributed by atoms with van der Waals surface area (Å²) in [4.78, 5) is 31.9. The first-order valence-electron chi connectivity index (χ1n) is 13.1. The van der Waals surface area contributed by atoms with Crippen LogP contribution in [-0.4, -0.2) is 30.4 Å². The third kappa shape index (κ3) is 5.92. The van der Waals surface area contributed by atoms with Gasteiger partial charge in [-0.05, 0) is 62.2 Å². The molecule has 0 amide bonds. The van der Waals surface area contributed by atoms with E-state index in [2.05, 4.69) is 4.99 Å². The zero-order valence-electron chi connectivity index (χ0n) is 22.6. The molecule has 7 nitrogen and oxygen atoms in total. The molecule has 4 aromatic rings. The molecule has 1 unspecified atom stereocenters. The number of nitrogens with zero attached hydrogens (tertiary/aromatic N) is 2. The number of carbonyl (C=O) groups is 1. The van der Waals surface area contributed by atoms with Crippen LogP contribution in [0.1, 0.15) is 36.6 Å². The van der Waals surface area contributed by atoms with E-state index in [4.69, 9.17) is 14.2 Å². The van der Waals surface area contributed by atoms with Crippen LogP contribution in [-0.2, 0) is 9.53 Å². The molecule has 0 aliphatic carbocycles. The lowest BCUT2D eigenvalue weighted by molar-refractivity contribution is -0.139. The summed E-state index contributed by atoms with van der Waals surface area (Å²) in [6.45, 7) is 6.60. The number of carbonyl (C=O) groups excluding carboxylic acids is 1. The lowest BCUT2D eigenvalue weighted by Gasteiger charge is -2.24. The van der Waals surface area contributed by atoms with E-state index in [9.17, 15) is 9.59 Å². The van der Waals surface area contributed by atoms with Crippen LogP contribution < -0.4 is 24.4 Å². The smallest absolute Gasteiger partial charge is 0.338 e. The summed E-state index contributed by atoms with van der Waals surface area (Å²) in [6, 6.07) is 24.3. The zero-order chi connectivity index (χ0) is 28.1. The van der Waals surface area contributed by atoms with Crippen molar-refractivity contribution >= 4 is 23.4 Å². The van der Waals surface area contributed by atoms with Gasteiger partial charge in [-0.2, -0.15) is 0 Å². The quantitative estimate of drug-likeness (QED) is 0.224. The fourth-order valence-corrected chi connectivity index (χ4v) is 5.59. The molecule has 0 radical (unpaired) electrons. The summed E-state index contributed by atoms with van der Waals surface area (Å²) >= 11 is 1.29. The van der Waals surface area contributed by atoms with Crippen molar-refractivity contribution in [3.05, 3.63) is 127 Å². The number of esters is 1. The Kier molecular flexibility index (Phi) is 8.26. The molecule has 0 bridgehead atoms. The molecule has 40 heavy (non-hydrogen) atoms. The van der Waals surface area contributed by atoms with Gasteiger partial charge in [0.05, 0.1) is 28.5 Å². The number of rotatable bonds is 9. The van der Waals surface area contributed by atoms with Crippen molar-refractivity contribution < 1.29 is 19.0 Å². The van der Waals surface area contributed by atoms with Crippen LogP contribution in [0.2, 0.25) is 0 Å². The van der Waals surface area contributed by atoms with Crippen LogP contribution >= 0.6 is 11.3 Å². The lowest BCUT2D eigenvalue weighted by atomic mass is 9.96. The fourth-order valence-electron chi connectivity index (χ4n) is 4.54. The topological polar surface area (TPSA) is 79.1 Å². The molecule has 8 heteroatoms. The monoisotopic (exact) mass is 554 g/mol. The maximum atomic E-state index is 13.7. The Hall–Kier alpha value is -4.43. The minimum absolute atomic E-state index is 0.218. The Balaban J connectivity index is 1.42. The number of benzene rings is 3. The van der Waals surface area contributed by atoms with Gasteiger partial charge in [0, 0.05) is 0 Å². The summed E-state index contributed by atoms with van der Waals surface area (Å²) in [5.74, 6) is 1.01. The van der Waals surface area contributed by atoms with E-state index in [1.54, 1.807) is 18.4 Å². The molecule has 0 N–H and O–H groups in total. The standard InChI is InChI=1S/C32H30N2O5S/c1-4-37-31(36)28-22(3)33-32-34(29(28)24-10-6-5-7-11-24)30(35)27(40-32)20-23-9-8-12-26(19-23)39-18-17-38-25-15-13-21(2)14-16-25/h5-16,19-20,29H,4,17-18H2,1-3H3/b27-20-. The predicted octanol–water partition coefficient (Wildman–Crippen LogP) is 4.56. The first-order valence-corrected chi connectivity index (χ1v) is 13.9. The molecule has 1 aliphatic rings. The normalized spacial score (nSPS) is 14.9. The highest BCUT2D eigenvalue weighted by atomic mass is 32.1. The summed E-state index contributed by atoms with van der Waals surface area (Å²) in [5, 5.41) is 0. The number of hydrogen-bond donors (Lipinski definition) is 0. The number of fused-ring (bicyclic) bond motifs is 1. The molecule has 0 saturated carbocycles. The highest BCUT2D eigenvalue weighted by Gasteiger charge is 2.33. The average Bonchev–Trinajstić information content (AvgIpc) is 3.26. The SMILES string of the molecule is CCOC(=O)C1=C(C)N=c2s/c(=C\c3cccc(OCCOc4ccc(C)cc4)c3)c(=O)n2C1c1ccccc1. The van der Waals surface area contributed by atoms with Crippen molar-refractivity contribution in [3.8, 4) is 11.5 Å². The molecule has 1 aromatic heterocycles. The second kappa shape index (κ2) is 12.2. The molecule has 204 valence electrons. The Bertz CT molecular complexity index is 1720. The number of hydrogen-bond acceptors (Lipinski definition) is 7. The summed E-state index contributed by atoms with van der Waals surface area (Å²) in [5.41, 5.74) is 3.51. The molecule has 1 aliphatic heterocycles. The van der Waals surface area contributed by atoms with Gasteiger partial charge in [-0.25, -0.2) is 9.79 Å². The van der Waals surface area contributed by atoms with Crippen LogP contribution in [0.25, 0.3) is 6.08 Å². The first kappa shape index (κ1) is 27.1. The van der Waals surface area contributed by atoms with Crippen molar-refractivity contribution in [2.45, 2.75) is 26.8 Å². The number of aromatic nitrogens is 1. The van der Waals surface area contributed by atoms with Gasteiger partial charge in [0.1, 0.15) is 24.7 Å². The van der Waals surface area contributed by atoms with E-state index in [0.29, 0.717) is 39.6 Å². The molecular formula is C32H30N2O5S. The van der Waals surface area contributed by atoms with Crippen LogP contribution in [0, 0.1) is 6.92 Å². The minimum Gasteiger partial charge on any atom is -0.490 e. The van der Waals surface area contributed by atoms with Gasteiger partial charge < -0.3 is 14.2 Å². The molecule has 0 saturated heterocycles. The van der Waals surface area contributed by atoms with E-state index in [-0.39, 0.29) is 12.2 Å². The van der Waals surface area contributed by atoms with Crippen molar-refractivity contribution in [1.29, 1.82) is 0 Å². The Labute approximate surface area is 236 Å². The number of aryl methyl sites for hydroxylation is 1. The molecule has 2 heterocycles. The number of thiazole rings is 1. The third-order valence-corrected chi connectivity index (χ3v) is 7.41. The van der Waals surface area contributed by atoms with Crippen molar-refractivity contribution in [2.24, 2.45) is 4.99 Å². The number of allylic oxidation sites excluding steroid dienone is 1. The first-order chi connectivity index (χ1) is 19.4. The molecule has 1 atom stereocenters. The van der Waals surface area contributed by atoms with Gasteiger partial charge in [-0.1, -0.05) is 71.5 Å². The van der Waals surface area contributed by atoms with E-state index in [1.807, 2.05) is 91.9 Å². The molecular weight excluding hydrogens is 524 g/mol. The van der Waals surface area contributed by atoms with Gasteiger partial charge >= 0.3 is 5.97 Å². The maximum Gasteiger partial charge on any atom is 0.338 e. The molecule has 0 spiro atoms. The van der Waals surface area contributed by atoms with Gasteiger partial charge in [-0.3, -0.25) is 9.36 Å². The van der Waals surface area contributed by atoms with Crippen LogP contribution in [0.5, 0.6) is 11.5 Å². The maximum absolute atomic E-state index is 13.7. The number of ether oxygens (including phenoxy) is 3. The Morgan fingerprint density at radius 1 is 0.950 bits per heavy atom. The second-order valence-corrected chi connectivity index (χ2v) is 10.3. The van der Waals surface area contributed by atoms with E-state index in [1.165, 1.54) is 16.9 Å². The third-order valence-electron chi connectivity index (χ3n) is 6.43.